The van der Waals surface area contributed by atoms with Gasteiger partial charge in [0.1, 0.15) is 5.78 Å². The van der Waals surface area contributed by atoms with Crippen molar-refractivity contribution in [3.8, 4) is 0 Å². The standard InChI is InChI=1S/C10H13BrO2S/c1-13-4-2-3-9(12)6-10-5-8(11)7-14-10/h5,7H,2-4,6H2,1H3. The molecule has 1 heterocycles. The first-order valence-electron chi connectivity index (χ1n) is 4.46. The average Bonchev–Trinajstić information content (AvgIpc) is 2.52. The van der Waals surface area contributed by atoms with Crippen LogP contribution in [0.4, 0.5) is 0 Å². The van der Waals surface area contributed by atoms with Crippen molar-refractivity contribution in [2.75, 3.05) is 13.7 Å². The fourth-order valence-electron chi connectivity index (χ4n) is 1.14. The number of methoxy groups -OCH3 is 1. The van der Waals surface area contributed by atoms with Gasteiger partial charge in [0.2, 0.25) is 0 Å². The highest BCUT2D eigenvalue weighted by molar-refractivity contribution is 9.10. The minimum atomic E-state index is 0.288. The van der Waals surface area contributed by atoms with Gasteiger partial charge in [-0.15, -0.1) is 11.3 Å². The maximum atomic E-state index is 11.4. The van der Waals surface area contributed by atoms with Crippen LogP contribution in [-0.2, 0) is 16.0 Å². The number of carbonyl (C=O) groups is 1. The van der Waals surface area contributed by atoms with Crippen molar-refractivity contribution in [2.45, 2.75) is 19.3 Å². The van der Waals surface area contributed by atoms with E-state index in [2.05, 4.69) is 15.9 Å². The highest BCUT2D eigenvalue weighted by Crippen LogP contribution is 2.20. The molecule has 14 heavy (non-hydrogen) atoms. The number of thiophene rings is 1. The van der Waals surface area contributed by atoms with Crippen LogP contribution < -0.4 is 0 Å². The summed E-state index contributed by atoms with van der Waals surface area (Å²) in [6, 6.07) is 2.00. The van der Waals surface area contributed by atoms with Gasteiger partial charge in [-0.1, -0.05) is 0 Å². The number of hydrogen-bond donors (Lipinski definition) is 0. The summed E-state index contributed by atoms with van der Waals surface area (Å²) in [5.74, 6) is 0.288. The van der Waals surface area contributed by atoms with Gasteiger partial charge in [-0.3, -0.25) is 4.79 Å². The molecule has 78 valence electrons. The maximum Gasteiger partial charge on any atom is 0.138 e. The van der Waals surface area contributed by atoms with Crippen LogP contribution in [0.3, 0.4) is 0 Å². The molecule has 0 aliphatic carbocycles. The summed E-state index contributed by atoms with van der Waals surface area (Å²) in [4.78, 5) is 12.6. The number of halogens is 1. The molecular formula is C10H13BrO2S. The van der Waals surface area contributed by atoms with Gasteiger partial charge < -0.3 is 4.74 Å². The Hall–Kier alpha value is -0.190. The Labute approximate surface area is 96.4 Å². The number of rotatable bonds is 6. The lowest BCUT2D eigenvalue weighted by Crippen LogP contribution is -2.02. The van der Waals surface area contributed by atoms with Gasteiger partial charge in [0, 0.05) is 41.3 Å². The quantitative estimate of drug-likeness (QED) is 0.747. The highest BCUT2D eigenvalue weighted by Gasteiger charge is 2.05. The molecule has 0 unspecified atom stereocenters. The van der Waals surface area contributed by atoms with Crippen molar-refractivity contribution in [3.05, 3.63) is 20.8 Å². The zero-order valence-electron chi connectivity index (χ0n) is 8.09. The van der Waals surface area contributed by atoms with E-state index in [0.717, 1.165) is 15.8 Å². The Kier molecular flexibility index (Phi) is 5.37. The summed E-state index contributed by atoms with van der Waals surface area (Å²) >= 11 is 4.98. The van der Waals surface area contributed by atoms with E-state index in [4.69, 9.17) is 4.74 Å². The van der Waals surface area contributed by atoms with Crippen LogP contribution in [0.15, 0.2) is 15.9 Å². The first-order chi connectivity index (χ1) is 6.72. The van der Waals surface area contributed by atoms with Gasteiger partial charge >= 0.3 is 0 Å². The molecule has 1 aromatic heterocycles. The summed E-state index contributed by atoms with van der Waals surface area (Å²) in [5, 5.41) is 2.00. The third-order valence-electron chi connectivity index (χ3n) is 1.80. The summed E-state index contributed by atoms with van der Waals surface area (Å²) in [5.41, 5.74) is 0. The summed E-state index contributed by atoms with van der Waals surface area (Å²) in [6.45, 7) is 0.667. The van der Waals surface area contributed by atoms with Gasteiger partial charge in [-0.2, -0.15) is 0 Å². The number of hydrogen-bond acceptors (Lipinski definition) is 3. The van der Waals surface area contributed by atoms with E-state index in [-0.39, 0.29) is 5.78 Å². The van der Waals surface area contributed by atoms with E-state index < -0.39 is 0 Å². The van der Waals surface area contributed by atoms with Gasteiger partial charge in [-0.25, -0.2) is 0 Å². The van der Waals surface area contributed by atoms with Gasteiger partial charge in [0.05, 0.1) is 0 Å². The second-order valence-electron chi connectivity index (χ2n) is 3.04. The fraction of sp³-hybridized carbons (Fsp3) is 0.500. The molecule has 0 N–H and O–H groups in total. The Morgan fingerprint density at radius 3 is 3.00 bits per heavy atom. The first-order valence-corrected chi connectivity index (χ1v) is 6.13. The van der Waals surface area contributed by atoms with Crippen LogP contribution in [0, 0.1) is 0 Å². The fourth-order valence-corrected chi connectivity index (χ4v) is 2.62. The molecule has 2 nitrogen and oxygen atoms in total. The molecular weight excluding hydrogens is 264 g/mol. The van der Waals surface area contributed by atoms with Crippen LogP contribution in [0.25, 0.3) is 0 Å². The van der Waals surface area contributed by atoms with Gasteiger partial charge in [-0.05, 0) is 28.4 Å². The monoisotopic (exact) mass is 276 g/mol. The summed E-state index contributed by atoms with van der Waals surface area (Å²) in [6.07, 6.45) is 1.99. The number of ether oxygens (including phenoxy) is 1. The molecule has 0 saturated carbocycles. The molecule has 1 aromatic rings. The average molecular weight is 277 g/mol. The van der Waals surface area contributed by atoms with Crippen LogP contribution >= 0.6 is 27.3 Å². The van der Waals surface area contributed by atoms with Crippen LogP contribution in [0.2, 0.25) is 0 Å². The van der Waals surface area contributed by atoms with Crippen molar-refractivity contribution in [1.82, 2.24) is 0 Å². The second-order valence-corrected chi connectivity index (χ2v) is 4.95. The van der Waals surface area contributed by atoms with E-state index in [1.807, 2.05) is 11.4 Å². The normalized spacial score (nSPS) is 10.4. The van der Waals surface area contributed by atoms with E-state index in [9.17, 15) is 4.79 Å². The van der Waals surface area contributed by atoms with Crippen molar-refractivity contribution in [1.29, 1.82) is 0 Å². The zero-order chi connectivity index (χ0) is 10.4. The smallest absolute Gasteiger partial charge is 0.138 e. The summed E-state index contributed by atoms with van der Waals surface area (Å²) < 4.78 is 5.95. The minimum absolute atomic E-state index is 0.288. The molecule has 1 rings (SSSR count). The lowest BCUT2D eigenvalue weighted by molar-refractivity contribution is -0.118. The Morgan fingerprint density at radius 1 is 1.64 bits per heavy atom. The van der Waals surface area contributed by atoms with E-state index in [1.54, 1.807) is 18.4 Å². The Balaban J connectivity index is 2.27. The maximum absolute atomic E-state index is 11.4. The molecule has 0 bridgehead atoms. The highest BCUT2D eigenvalue weighted by atomic mass is 79.9. The van der Waals surface area contributed by atoms with E-state index >= 15 is 0 Å². The lowest BCUT2D eigenvalue weighted by Gasteiger charge is -1.98. The molecule has 0 spiro atoms. The van der Waals surface area contributed by atoms with Gasteiger partial charge in [0.15, 0.2) is 0 Å². The van der Waals surface area contributed by atoms with E-state index in [0.29, 0.717) is 19.4 Å². The molecule has 0 aliphatic heterocycles. The third kappa shape index (κ3) is 4.35. The van der Waals surface area contributed by atoms with Crippen LogP contribution in [0.1, 0.15) is 17.7 Å². The van der Waals surface area contributed by atoms with Crippen molar-refractivity contribution < 1.29 is 9.53 Å². The molecule has 0 saturated heterocycles. The number of carbonyl (C=O) groups excluding carboxylic acids is 1. The van der Waals surface area contributed by atoms with Crippen molar-refractivity contribution >= 4 is 33.0 Å². The molecule has 0 fully saturated rings. The Morgan fingerprint density at radius 2 is 2.43 bits per heavy atom. The SMILES string of the molecule is COCCCC(=O)Cc1cc(Br)cs1. The lowest BCUT2D eigenvalue weighted by atomic mass is 10.1. The topological polar surface area (TPSA) is 26.3 Å². The molecule has 0 radical (unpaired) electrons. The van der Waals surface area contributed by atoms with Crippen molar-refractivity contribution in [2.24, 2.45) is 0 Å². The van der Waals surface area contributed by atoms with Crippen LogP contribution in [-0.4, -0.2) is 19.5 Å². The Bertz CT molecular complexity index is 296. The third-order valence-corrected chi connectivity index (χ3v) is 3.49. The molecule has 4 heteroatoms. The zero-order valence-corrected chi connectivity index (χ0v) is 10.5. The molecule has 0 atom stereocenters. The predicted molar refractivity (Wildman–Crippen MR) is 61.8 cm³/mol. The number of Topliss-reactive ketones (excluding diaryl/α,β-unsaturated/α-hetero) is 1. The van der Waals surface area contributed by atoms with Crippen molar-refractivity contribution in [3.63, 3.8) is 0 Å². The van der Waals surface area contributed by atoms with Crippen LogP contribution in [0.5, 0.6) is 0 Å². The van der Waals surface area contributed by atoms with Gasteiger partial charge in [0.25, 0.3) is 0 Å². The predicted octanol–water partition coefficient (Wildman–Crippen LogP) is 3.05. The molecule has 0 amide bonds. The number of ketones is 1. The van der Waals surface area contributed by atoms with E-state index in [1.165, 1.54) is 0 Å². The molecule has 0 aromatic carbocycles. The minimum Gasteiger partial charge on any atom is -0.385 e. The summed E-state index contributed by atoms with van der Waals surface area (Å²) in [7, 11) is 1.65. The molecule has 0 aliphatic rings. The largest absolute Gasteiger partial charge is 0.385 e. The first kappa shape index (κ1) is 11.9. The second kappa shape index (κ2) is 6.32.